The number of carbonyl (C=O) groups excluding carboxylic acids is 1. The number of carbonyl (C=O) groups is 2. The van der Waals surface area contributed by atoms with Crippen molar-refractivity contribution < 1.29 is 14.7 Å². The smallest absolute Gasteiger partial charge is 0.335 e. The third kappa shape index (κ3) is 1.98. The van der Waals surface area contributed by atoms with E-state index in [1.807, 2.05) is 6.92 Å². The summed E-state index contributed by atoms with van der Waals surface area (Å²) in [4.78, 5) is 21.7. The van der Waals surface area contributed by atoms with Crippen LogP contribution in [0.2, 0.25) is 0 Å². The van der Waals surface area contributed by atoms with Crippen LogP contribution in [0.5, 0.6) is 0 Å². The van der Waals surface area contributed by atoms with Crippen molar-refractivity contribution in [1.82, 2.24) is 15.5 Å². The number of carboxylic acid groups (broad SMARTS) is 1. The molecule has 0 saturated carbocycles. The van der Waals surface area contributed by atoms with Crippen molar-refractivity contribution in [2.24, 2.45) is 0 Å². The van der Waals surface area contributed by atoms with Gasteiger partial charge in [0, 0.05) is 6.20 Å². The molecule has 0 bridgehead atoms. The van der Waals surface area contributed by atoms with E-state index in [-0.39, 0.29) is 0 Å². The first kappa shape index (κ1) is 11.2. The zero-order chi connectivity index (χ0) is 11.3. The molecule has 1 aromatic rings. The molecule has 6 nitrogen and oxygen atoms in total. The summed E-state index contributed by atoms with van der Waals surface area (Å²) in [6, 6.07) is 1.54. The molecule has 1 aromatic heterocycles. The number of carboxylic acids is 1. The van der Waals surface area contributed by atoms with Crippen LogP contribution in [0.15, 0.2) is 12.3 Å². The largest absolute Gasteiger partial charge is 0.479 e. The lowest BCUT2D eigenvalue weighted by Crippen LogP contribution is -2.49. The van der Waals surface area contributed by atoms with Crippen LogP contribution in [0, 0.1) is 0 Å². The predicted molar refractivity (Wildman–Crippen MR) is 52.0 cm³/mol. The summed E-state index contributed by atoms with van der Waals surface area (Å²) >= 11 is 0. The van der Waals surface area contributed by atoms with Gasteiger partial charge < -0.3 is 10.4 Å². The summed E-state index contributed by atoms with van der Waals surface area (Å²) in [6.45, 7) is 1.85. The highest BCUT2D eigenvalue weighted by Gasteiger charge is 2.40. The predicted octanol–water partition coefficient (Wildman–Crippen LogP) is 0.236. The second kappa shape index (κ2) is 4.59. The van der Waals surface area contributed by atoms with Gasteiger partial charge in [0.05, 0.1) is 5.69 Å². The van der Waals surface area contributed by atoms with E-state index < -0.39 is 11.5 Å². The molecule has 1 rings (SSSR count). The fraction of sp³-hybridized carbons (Fsp3) is 0.444. The molecular formula is C9H13N3O3. The van der Waals surface area contributed by atoms with Gasteiger partial charge in [-0.15, -0.1) is 0 Å². The third-order valence-electron chi connectivity index (χ3n) is 2.26. The second-order valence-electron chi connectivity index (χ2n) is 3.19. The lowest BCUT2D eigenvalue weighted by Gasteiger charge is -2.26. The van der Waals surface area contributed by atoms with E-state index in [0.29, 0.717) is 24.9 Å². The van der Waals surface area contributed by atoms with Gasteiger partial charge >= 0.3 is 5.97 Å². The Morgan fingerprint density at radius 3 is 2.93 bits per heavy atom. The Morgan fingerprint density at radius 1 is 1.80 bits per heavy atom. The molecule has 1 atom stereocenters. The van der Waals surface area contributed by atoms with Gasteiger partial charge in [-0.1, -0.05) is 13.3 Å². The van der Waals surface area contributed by atoms with Crippen LogP contribution in [0.3, 0.4) is 0 Å². The van der Waals surface area contributed by atoms with E-state index >= 15 is 0 Å². The van der Waals surface area contributed by atoms with Crippen molar-refractivity contribution in [3.63, 3.8) is 0 Å². The maximum Gasteiger partial charge on any atom is 0.335 e. The molecule has 0 aliphatic heterocycles. The summed E-state index contributed by atoms with van der Waals surface area (Å²) in [5.74, 6) is -1.10. The highest BCUT2D eigenvalue weighted by Crippen LogP contribution is 2.24. The molecule has 1 amide bonds. The number of nitrogens with zero attached hydrogens (tertiary/aromatic N) is 1. The van der Waals surface area contributed by atoms with Gasteiger partial charge in [0.15, 0.2) is 5.54 Å². The minimum atomic E-state index is -1.40. The summed E-state index contributed by atoms with van der Waals surface area (Å²) < 4.78 is 0. The number of nitrogens with one attached hydrogen (secondary N) is 2. The standard InChI is InChI=1S/C9H13N3O3/c1-2-4-9(8(14)15,10-6-13)7-3-5-11-12-7/h3,5-6H,2,4H2,1H3,(H,10,13)(H,11,12)(H,14,15). The highest BCUT2D eigenvalue weighted by atomic mass is 16.4. The van der Waals surface area contributed by atoms with Gasteiger partial charge in [0.1, 0.15) is 0 Å². The minimum Gasteiger partial charge on any atom is -0.479 e. The van der Waals surface area contributed by atoms with Gasteiger partial charge in [-0.3, -0.25) is 9.89 Å². The number of hydrogen-bond acceptors (Lipinski definition) is 3. The van der Waals surface area contributed by atoms with Crippen LogP contribution in [0.25, 0.3) is 0 Å². The van der Waals surface area contributed by atoms with E-state index in [1.54, 1.807) is 6.07 Å². The monoisotopic (exact) mass is 211 g/mol. The first-order valence-corrected chi connectivity index (χ1v) is 4.62. The molecule has 15 heavy (non-hydrogen) atoms. The lowest BCUT2D eigenvalue weighted by molar-refractivity contribution is -0.147. The summed E-state index contributed by atoms with van der Waals surface area (Å²) in [6.07, 6.45) is 2.79. The van der Waals surface area contributed by atoms with Gasteiger partial charge in [0.2, 0.25) is 6.41 Å². The van der Waals surface area contributed by atoms with Crippen LogP contribution in [0.4, 0.5) is 0 Å². The quantitative estimate of drug-likeness (QED) is 0.587. The zero-order valence-electron chi connectivity index (χ0n) is 8.36. The fourth-order valence-corrected chi connectivity index (χ4v) is 1.54. The Bertz CT molecular complexity index is 336. The van der Waals surface area contributed by atoms with E-state index in [9.17, 15) is 14.7 Å². The lowest BCUT2D eigenvalue weighted by atomic mass is 9.90. The van der Waals surface area contributed by atoms with Crippen molar-refractivity contribution in [1.29, 1.82) is 0 Å². The third-order valence-corrected chi connectivity index (χ3v) is 2.26. The Hall–Kier alpha value is -1.85. The number of aliphatic carboxylic acids is 1. The molecule has 0 aliphatic carbocycles. The number of aromatic amines is 1. The van der Waals surface area contributed by atoms with Crippen LogP contribution >= 0.6 is 0 Å². The summed E-state index contributed by atoms with van der Waals surface area (Å²) in [7, 11) is 0. The number of rotatable bonds is 6. The van der Waals surface area contributed by atoms with Crippen molar-refractivity contribution >= 4 is 12.4 Å². The molecule has 0 saturated heterocycles. The topological polar surface area (TPSA) is 95.1 Å². The SMILES string of the molecule is CCCC(NC=O)(C(=O)O)c1ccn[nH]1. The van der Waals surface area contributed by atoms with Crippen molar-refractivity contribution in [2.75, 3.05) is 0 Å². The first-order chi connectivity index (χ1) is 7.17. The molecule has 0 spiro atoms. The Balaban J connectivity index is 3.12. The van der Waals surface area contributed by atoms with Gasteiger partial charge in [0.25, 0.3) is 0 Å². The van der Waals surface area contributed by atoms with E-state index in [0.717, 1.165) is 0 Å². The minimum absolute atomic E-state index is 0.309. The summed E-state index contributed by atoms with van der Waals surface area (Å²) in [5.41, 5.74) is -1.02. The highest BCUT2D eigenvalue weighted by molar-refractivity contribution is 5.82. The molecular weight excluding hydrogens is 198 g/mol. The molecule has 82 valence electrons. The van der Waals surface area contributed by atoms with Crippen LogP contribution in [0.1, 0.15) is 25.5 Å². The fourth-order valence-electron chi connectivity index (χ4n) is 1.54. The van der Waals surface area contributed by atoms with E-state index in [2.05, 4.69) is 15.5 Å². The number of H-pyrrole nitrogens is 1. The molecule has 0 aliphatic rings. The first-order valence-electron chi connectivity index (χ1n) is 4.62. The number of aromatic nitrogens is 2. The Morgan fingerprint density at radius 2 is 2.53 bits per heavy atom. The molecule has 3 N–H and O–H groups in total. The summed E-state index contributed by atoms with van der Waals surface area (Å²) in [5, 5.41) is 17.8. The molecule has 1 heterocycles. The van der Waals surface area contributed by atoms with Crippen molar-refractivity contribution in [3.8, 4) is 0 Å². The molecule has 1 unspecified atom stereocenters. The van der Waals surface area contributed by atoms with Crippen molar-refractivity contribution in [2.45, 2.75) is 25.3 Å². The molecule has 6 heteroatoms. The van der Waals surface area contributed by atoms with Crippen LogP contribution < -0.4 is 5.32 Å². The van der Waals surface area contributed by atoms with E-state index in [1.165, 1.54) is 6.20 Å². The average Bonchev–Trinajstić information content (AvgIpc) is 2.70. The van der Waals surface area contributed by atoms with Gasteiger partial charge in [-0.25, -0.2) is 4.79 Å². The van der Waals surface area contributed by atoms with E-state index in [4.69, 9.17) is 0 Å². The molecule has 0 fully saturated rings. The second-order valence-corrected chi connectivity index (χ2v) is 3.19. The maximum absolute atomic E-state index is 11.2. The average molecular weight is 211 g/mol. The van der Waals surface area contributed by atoms with Crippen LogP contribution in [-0.2, 0) is 15.1 Å². The van der Waals surface area contributed by atoms with Gasteiger partial charge in [-0.2, -0.15) is 5.10 Å². The Kier molecular flexibility index (Phi) is 3.43. The normalized spacial score (nSPS) is 14.2. The molecule has 0 radical (unpaired) electrons. The number of amides is 1. The Labute approximate surface area is 86.7 Å². The maximum atomic E-state index is 11.2. The zero-order valence-corrected chi connectivity index (χ0v) is 8.36. The van der Waals surface area contributed by atoms with Crippen LogP contribution in [-0.4, -0.2) is 27.7 Å². The molecule has 0 aromatic carbocycles. The number of hydrogen-bond donors (Lipinski definition) is 3. The van der Waals surface area contributed by atoms with Gasteiger partial charge in [-0.05, 0) is 12.5 Å². The van der Waals surface area contributed by atoms with Crippen molar-refractivity contribution in [3.05, 3.63) is 18.0 Å².